The molecule has 2 heterocycles. The molecule has 3 rings (SSSR count). The van der Waals surface area contributed by atoms with E-state index in [1.54, 1.807) is 0 Å². The Kier molecular flexibility index (Phi) is 2.48. The van der Waals surface area contributed by atoms with Crippen LogP contribution in [-0.4, -0.2) is 29.4 Å². The fraction of sp³-hybridized carbons (Fsp3) is 0.364. The molecule has 5 nitrogen and oxygen atoms in total. The number of fused-ring (bicyclic) bond motifs is 3. The van der Waals surface area contributed by atoms with Crippen LogP contribution < -0.4 is 5.32 Å². The number of rotatable bonds is 2. The lowest BCUT2D eigenvalue weighted by atomic mass is 10.0. The number of carbonyl (C=O) groups excluding carboxylic acids is 1. The molecule has 17 heavy (non-hydrogen) atoms. The summed E-state index contributed by atoms with van der Waals surface area (Å²) in [5.74, 6) is 0.289. The molecule has 0 bridgehead atoms. The van der Waals surface area contributed by atoms with Crippen molar-refractivity contribution in [3.8, 4) is 0 Å². The summed E-state index contributed by atoms with van der Waals surface area (Å²) in [6, 6.07) is 7.24. The van der Waals surface area contributed by atoms with Gasteiger partial charge in [0.05, 0.1) is 6.54 Å². The summed E-state index contributed by atoms with van der Waals surface area (Å²) in [5.41, 5.74) is 1.99. The van der Waals surface area contributed by atoms with Gasteiger partial charge in [0.15, 0.2) is 0 Å². The highest BCUT2D eigenvalue weighted by Gasteiger charge is 2.42. The molecule has 2 aliphatic heterocycles. The lowest BCUT2D eigenvalue weighted by Gasteiger charge is -2.25. The zero-order valence-corrected chi connectivity index (χ0v) is 9.76. The molecular formula is C11H11ClN4O. The van der Waals surface area contributed by atoms with Crippen molar-refractivity contribution in [2.24, 2.45) is 10.3 Å². The number of alkyl halides is 1. The van der Waals surface area contributed by atoms with Gasteiger partial charge in [0, 0.05) is 17.1 Å². The van der Waals surface area contributed by atoms with Crippen LogP contribution >= 0.6 is 11.6 Å². The molecule has 0 fully saturated rings. The topological polar surface area (TPSA) is 57.1 Å². The average molecular weight is 251 g/mol. The largest absolute Gasteiger partial charge is 0.371 e. The van der Waals surface area contributed by atoms with Crippen molar-refractivity contribution in [2.75, 3.05) is 17.7 Å². The van der Waals surface area contributed by atoms with Crippen LogP contribution in [0.5, 0.6) is 0 Å². The first kappa shape index (κ1) is 10.5. The van der Waals surface area contributed by atoms with Crippen LogP contribution in [0.25, 0.3) is 0 Å². The molecule has 1 aromatic carbocycles. The van der Waals surface area contributed by atoms with Crippen molar-refractivity contribution < 1.29 is 4.79 Å². The number of para-hydroxylation sites is 1. The minimum absolute atomic E-state index is 0.0677. The summed E-state index contributed by atoms with van der Waals surface area (Å²) < 4.78 is 0. The van der Waals surface area contributed by atoms with Crippen molar-refractivity contribution in [2.45, 2.75) is 12.1 Å². The van der Waals surface area contributed by atoms with Crippen molar-refractivity contribution >= 4 is 23.2 Å². The summed E-state index contributed by atoms with van der Waals surface area (Å²) >= 11 is 5.62. The number of nitrogens with zero attached hydrogens (tertiary/aromatic N) is 3. The predicted molar refractivity (Wildman–Crippen MR) is 63.9 cm³/mol. The van der Waals surface area contributed by atoms with E-state index in [2.05, 4.69) is 15.7 Å². The predicted octanol–water partition coefficient (Wildman–Crippen LogP) is 1.97. The van der Waals surface area contributed by atoms with Gasteiger partial charge in [0.25, 0.3) is 5.91 Å². The molecule has 1 amide bonds. The zero-order chi connectivity index (χ0) is 11.8. The maximum absolute atomic E-state index is 12.1. The second-order valence-corrected chi connectivity index (χ2v) is 4.39. The Balaban J connectivity index is 1.94. The van der Waals surface area contributed by atoms with Crippen molar-refractivity contribution in [3.05, 3.63) is 29.8 Å². The molecular weight excluding hydrogens is 240 g/mol. The molecule has 2 atom stereocenters. The fourth-order valence-corrected chi connectivity index (χ4v) is 2.36. The van der Waals surface area contributed by atoms with Gasteiger partial charge in [-0.3, -0.25) is 4.79 Å². The second-order valence-electron chi connectivity index (χ2n) is 4.01. The first-order valence-electron chi connectivity index (χ1n) is 5.45. The Morgan fingerprint density at radius 1 is 1.41 bits per heavy atom. The third-order valence-corrected chi connectivity index (χ3v) is 3.18. The molecule has 0 aliphatic carbocycles. The molecule has 0 aromatic heterocycles. The van der Waals surface area contributed by atoms with Gasteiger partial charge in [0.2, 0.25) is 0 Å². The Bertz CT molecular complexity index is 490. The standard InChI is InChI=1S/C11H11ClN4O/c12-5-6-16-11(17)10-9(14-15-16)7-3-1-2-4-8(7)13-10/h1-4,9-10,13H,5-6H2. The van der Waals surface area contributed by atoms with Crippen LogP contribution in [0.3, 0.4) is 0 Å². The summed E-state index contributed by atoms with van der Waals surface area (Å²) in [4.78, 5) is 12.1. The minimum atomic E-state index is -0.340. The number of carbonyl (C=O) groups is 1. The maximum Gasteiger partial charge on any atom is 0.269 e. The highest BCUT2D eigenvalue weighted by molar-refractivity contribution is 6.18. The number of amides is 1. The highest BCUT2D eigenvalue weighted by atomic mass is 35.5. The number of anilines is 1. The van der Waals surface area contributed by atoms with E-state index in [1.807, 2.05) is 24.3 Å². The van der Waals surface area contributed by atoms with Gasteiger partial charge < -0.3 is 5.32 Å². The van der Waals surface area contributed by atoms with Crippen LogP contribution in [0.15, 0.2) is 34.6 Å². The number of hydrogen-bond donors (Lipinski definition) is 1. The van der Waals surface area contributed by atoms with Gasteiger partial charge in [-0.1, -0.05) is 23.4 Å². The monoisotopic (exact) mass is 250 g/mol. The molecule has 1 aromatic rings. The van der Waals surface area contributed by atoms with E-state index in [9.17, 15) is 4.79 Å². The smallest absolute Gasteiger partial charge is 0.269 e. The number of hydrogen-bond acceptors (Lipinski definition) is 4. The van der Waals surface area contributed by atoms with Crippen LogP contribution in [0.1, 0.15) is 11.6 Å². The molecule has 6 heteroatoms. The summed E-state index contributed by atoms with van der Waals surface area (Å²) in [6.45, 7) is 0.394. The first-order valence-corrected chi connectivity index (χ1v) is 5.98. The van der Waals surface area contributed by atoms with Crippen molar-refractivity contribution in [3.63, 3.8) is 0 Å². The highest BCUT2D eigenvalue weighted by Crippen LogP contribution is 2.39. The Morgan fingerprint density at radius 2 is 2.24 bits per heavy atom. The Hall–Kier alpha value is -1.62. The fourth-order valence-electron chi connectivity index (χ4n) is 2.20. The Morgan fingerprint density at radius 3 is 3.06 bits per heavy atom. The van der Waals surface area contributed by atoms with Crippen LogP contribution in [0.2, 0.25) is 0 Å². The number of benzene rings is 1. The second kappa shape index (κ2) is 4.00. The Labute approximate surface area is 103 Å². The summed E-state index contributed by atoms with van der Waals surface area (Å²) in [5, 5.41) is 12.6. The van der Waals surface area contributed by atoms with E-state index in [-0.39, 0.29) is 18.0 Å². The van der Waals surface area contributed by atoms with Crippen molar-refractivity contribution in [1.29, 1.82) is 0 Å². The normalized spacial score (nSPS) is 25.5. The van der Waals surface area contributed by atoms with Gasteiger partial charge in [-0.25, -0.2) is 5.01 Å². The van der Waals surface area contributed by atoms with E-state index in [1.165, 1.54) is 5.01 Å². The molecule has 0 saturated heterocycles. The van der Waals surface area contributed by atoms with Gasteiger partial charge in [-0.05, 0) is 6.07 Å². The molecule has 1 N–H and O–H groups in total. The van der Waals surface area contributed by atoms with Crippen LogP contribution in [-0.2, 0) is 4.79 Å². The minimum Gasteiger partial charge on any atom is -0.371 e. The van der Waals surface area contributed by atoms with E-state index in [4.69, 9.17) is 11.6 Å². The van der Waals surface area contributed by atoms with Gasteiger partial charge in [0.1, 0.15) is 12.1 Å². The summed E-state index contributed by atoms with van der Waals surface area (Å²) in [7, 11) is 0. The van der Waals surface area contributed by atoms with Crippen LogP contribution in [0.4, 0.5) is 5.69 Å². The van der Waals surface area contributed by atoms with Gasteiger partial charge >= 0.3 is 0 Å². The average Bonchev–Trinajstić information content (AvgIpc) is 2.73. The van der Waals surface area contributed by atoms with Gasteiger partial charge in [-0.15, -0.1) is 11.6 Å². The molecule has 2 aliphatic rings. The summed E-state index contributed by atoms with van der Waals surface area (Å²) in [6.07, 6.45) is 0. The zero-order valence-electron chi connectivity index (χ0n) is 9.01. The molecule has 2 unspecified atom stereocenters. The lowest BCUT2D eigenvalue weighted by molar-refractivity contribution is -0.134. The van der Waals surface area contributed by atoms with E-state index >= 15 is 0 Å². The molecule has 88 valence electrons. The molecule has 0 spiro atoms. The van der Waals surface area contributed by atoms with Crippen molar-refractivity contribution in [1.82, 2.24) is 5.01 Å². The molecule has 0 radical (unpaired) electrons. The maximum atomic E-state index is 12.1. The quantitative estimate of drug-likeness (QED) is 0.816. The third-order valence-electron chi connectivity index (χ3n) is 3.01. The van der Waals surface area contributed by atoms with E-state index < -0.39 is 0 Å². The number of nitrogens with one attached hydrogen (secondary N) is 1. The third kappa shape index (κ3) is 1.58. The van der Waals surface area contributed by atoms with E-state index in [0.29, 0.717) is 12.4 Å². The molecule has 0 saturated carbocycles. The lowest BCUT2D eigenvalue weighted by Crippen LogP contribution is -2.44. The van der Waals surface area contributed by atoms with Crippen LogP contribution in [0, 0.1) is 0 Å². The van der Waals surface area contributed by atoms with Gasteiger partial charge in [-0.2, -0.15) is 5.11 Å². The first-order chi connectivity index (χ1) is 8.31. The SMILES string of the molecule is O=C1C2Nc3ccccc3C2N=NN1CCCl. The number of halogens is 1. The van der Waals surface area contributed by atoms with E-state index in [0.717, 1.165) is 11.3 Å².